The molecular weight excluding hydrogens is 266 g/mol. The van der Waals surface area contributed by atoms with Crippen molar-refractivity contribution >= 4 is 5.91 Å². The molecule has 1 aromatic heterocycles. The van der Waals surface area contributed by atoms with Gasteiger partial charge in [-0.1, -0.05) is 0 Å². The monoisotopic (exact) mass is 291 g/mol. The molecule has 1 aromatic rings. The van der Waals surface area contributed by atoms with E-state index in [4.69, 9.17) is 0 Å². The van der Waals surface area contributed by atoms with E-state index in [-0.39, 0.29) is 11.4 Å². The summed E-state index contributed by atoms with van der Waals surface area (Å²) in [5.41, 5.74) is 0.814. The molecule has 2 fully saturated rings. The Labute approximate surface area is 125 Å². The van der Waals surface area contributed by atoms with Gasteiger partial charge >= 0.3 is 0 Å². The molecule has 0 aliphatic heterocycles. The van der Waals surface area contributed by atoms with Crippen molar-refractivity contribution in [3.63, 3.8) is 0 Å². The fraction of sp³-hybridized carbons (Fsp3) is 0.750. The molecule has 0 unspecified atom stereocenters. The first-order valence-electron chi connectivity index (χ1n) is 7.90. The molecule has 2 aliphatic carbocycles. The molecule has 1 amide bonds. The first-order valence-corrected chi connectivity index (χ1v) is 7.90. The third kappa shape index (κ3) is 2.98. The van der Waals surface area contributed by atoms with Crippen LogP contribution in [0.1, 0.15) is 75.0 Å². The highest BCUT2D eigenvalue weighted by Crippen LogP contribution is 2.41. The normalized spacial score (nSPS) is 21.0. The van der Waals surface area contributed by atoms with Crippen molar-refractivity contribution in [3.05, 3.63) is 17.5 Å². The summed E-state index contributed by atoms with van der Waals surface area (Å²) in [4.78, 5) is 12.3. The largest absolute Gasteiger partial charge is 0.388 e. The molecule has 2 saturated carbocycles. The molecule has 3 rings (SSSR count). The van der Waals surface area contributed by atoms with Gasteiger partial charge in [0.1, 0.15) is 5.69 Å². The summed E-state index contributed by atoms with van der Waals surface area (Å²) in [5.74, 6) is 0.370. The standard InChI is InChI=1S/C16H25N3O2/c1-15(2,3)19-13(11-5-6-11)9-12(18-19)14(20)17-10-16(21)7-4-8-16/h9,11,21H,4-8,10H2,1-3H3,(H,17,20). The second-order valence-electron chi connectivity index (χ2n) is 7.57. The van der Waals surface area contributed by atoms with Gasteiger partial charge < -0.3 is 10.4 Å². The van der Waals surface area contributed by atoms with Crippen molar-refractivity contribution in [3.8, 4) is 0 Å². The smallest absolute Gasteiger partial charge is 0.271 e. The van der Waals surface area contributed by atoms with E-state index in [1.165, 1.54) is 12.8 Å². The van der Waals surface area contributed by atoms with Gasteiger partial charge in [-0.25, -0.2) is 0 Å². The molecule has 21 heavy (non-hydrogen) atoms. The molecule has 5 nitrogen and oxygen atoms in total. The van der Waals surface area contributed by atoms with E-state index in [9.17, 15) is 9.90 Å². The van der Waals surface area contributed by atoms with Crippen LogP contribution >= 0.6 is 0 Å². The molecule has 0 radical (unpaired) electrons. The van der Waals surface area contributed by atoms with Crippen LogP contribution in [0.5, 0.6) is 0 Å². The van der Waals surface area contributed by atoms with E-state index in [0.717, 1.165) is 25.0 Å². The zero-order valence-electron chi connectivity index (χ0n) is 13.1. The maximum absolute atomic E-state index is 12.3. The van der Waals surface area contributed by atoms with Crippen molar-refractivity contribution in [2.24, 2.45) is 0 Å². The van der Waals surface area contributed by atoms with Crippen LogP contribution in [0.4, 0.5) is 0 Å². The summed E-state index contributed by atoms with van der Waals surface area (Å²) in [7, 11) is 0. The Hall–Kier alpha value is -1.36. The number of aliphatic hydroxyl groups is 1. The molecule has 0 atom stereocenters. The third-order valence-electron chi connectivity index (χ3n) is 4.46. The lowest BCUT2D eigenvalue weighted by atomic mass is 9.80. The van der Waals surface area contributed by atoms with E-state index in [1.54, 1.807) is 0 Å². The van der Waals surface area contributed by atoms with Gasteiger partial charge in [0.05, 0.1) is 11.1 Å². The Morgan fingerprint density at radius 1 is 1.48 bits per heavy atom. The van der Waals surface area contributed by atoms with Crippen molar-refractivity contribution in [2.75, 3.05) is 6.54 Å². The van der Waals surface area contributed by atoms with Crippen LogP contribution in [-0.2, 0) is 5.54 Å². The number of carbonyl (C=O) groups is 1. The average Bonchev–Trinajstić information content (AvgIpc) is 3.10. The molecule has 0 bridgehead atoms. The quantitative estimate of drug-likeness (QED) is 0.893. The number of amides is 1. The van der Waals surface area contributed by atoms with Crippen LogP contribution < -0.4 is 5.32 Å². The van der Waals surface area contributed by atoms with Crippen LogP contribution in [-0.4, -0.2) is 32.9 Å². The van der Waals surface area contributed by atoms with E-state index in [1.807, 2.05) is 10.7 Å². The molecular formula is C16H25N3O2. The number of hydrogen-bond donors (Lipinski definition) is 2. The summed E-state index contributed by atoms with van der Waals surface area (Å²) >= 11 is 0. The van der Waals surface area contributed by atoms with Gasteiger partial charge in [0.25, 0.3) is 5.91 Å². The van der Waals surface area contributed by atoms with Crippen LogP contribution in [0.2, 0.25) is 0 Å². The number of rotatable bonds is 4. The molecule has 0 saturated heterocycles. The van der Waals surface area contributed by atoms with E-state index < -0.39 is 5.60 Å². The fourth-order valence-electron chi connectivity index (χ4n) is 2.81. The molecule has 5 heteroatoms. The van der Waals surface area contributed by atoms with Gasteiger partial charge in [0.2, 0.25) is 0 Å². The summed E-state index contributed by atoms with van der Waals surface area (Å²) in [5, 5.41) is 17.4. The minimum absolute atomic E-state index is 0.122. The predicted octanol–water partition coefficient (Wildman–Crippen LogP) is 2.16. The van der Waals surface area contributed by atoms with Gasteiger partial charge in [-0.15, -0.1) is 0 Å². The number of carbonyl (C=O) groups excluding carboxylic acids is 1. The first kappa shape index (κ1) is 14.6. The van der Waals surface area contributed by atoms with E-state index in [0.29, 0.717) is 18.2 Å². The summed E-state index contributed by atoms with van der Waals surface area (Å²) < 4.78 is 1.98. The highest BCUT2D eigenvalue weighted by atomic mass is 16.3. The van der Waals surface area contributed by atoms with Gasteiger partial charge in [-0.05, 0) is 58.9 Å². The third-order valence-corrected chi connectivity index (χ3v) is 4.46. The van der Waals surface area contributed by atoms with Crippen molar-refractivity contribution in [2.45, 2.75) is 69.9 Å². The Bertz CT molecular complexity index is 548. The zero-order chi connectivity index (χ0) is 15.3. The van der Waals surface area contributed by atoms with Crippen LogP contribution in [0.3, 0.4) is 0 Å². The molecule has 116 valence electrons. The SMILES string of the molecule is CC(C)(C)n1nc(C(=O)NCC2(O)CCC2)cc1C1CC1. The Morgan fingerprint density at radius 2 is 2.14 bits per heavy atom. The van der Waals surface area contributed by atoms with Gasteiger partial charge in [-0.2, -0.15) is 5.10 Å². The van der Waals surface area contributed by atoms with Gasteiger partial charge in [-0.3, -0.25) is 9.48 Å². The lowest BCUT2D eigenvalue weighted by molar-refractivity contribution is -0.0300. The van der Waals surface area contributed by atoms with Crippen molar-refractivity contribution in [1.82, 2.24) is 15.1 Å². The average molecular weight is 291 g/mol. The maximum atomic E-state index is 12.3. The lowest BCUT2D eigenvalue weighted by Gasteiger charge is -2.36. The lowest BCUT2D eigenvalue weighted by Crippen LogP contribution is -2.47. The topological polar surface area (TPSA) is 67.2 Å². The minimum atomic E-state index is -0.693. The number of nitrogens with zero attached hydrogens (tertiary/aromatic N) is 2. The second-order valence-corrected chi connectivity index (χ2v) is 7.57. The molecule has 2 N–H and O–H groups in total. The van der Waals surface area contributed by atoms with Gasteiger partial charge in [0.15, 0.2) is 0 Å². The fourth-order valence-corrected chi connectivity index (χ4v) is 2.81. The predicted molar refractivity (Wildman–Crippen MR) is 80.3 cm³/mol. The number of aromatic nitrogens is 2. The van der Waals surface area contributed by atoms with Crippen LogP contribution in [0.15, 0.2) is 6.07 Å². The molecule has 1 heterocycles. The molecule has 2 aliphatic rings. The number of hydrogen-bond acceptors (Lipinski definition) is 3. The van der Waals surface area contributed by atoms with Gasteiger partial charge in [0, 0.05) is 18.2 Å². The zero-order valence-corrected chi connectivity index (χ0v) is 13.1. The summed E-state index contributed by atoms with van der Waals surface area (Å²) in [6.07, 6.45) is 4.95. The minimum Gasteiger partial charge on any atom is -0.388 e. The van der Waals surface area contributed by atoms with Crippen molar-refractivity contribution < 1.29 is 9.90 Å². The Kier molecular flexibility index (Phi) is 3.35. The van der Waals surface area contributed by atoms with E-state index in [2.05, 4.69) is 31.2 Å². The van der Waals surface area contributed by atoms with E-state index >= 15 is 0 Å². The maximum Gasteiger partial charge on any atom is 0.271 e. The second kappa shape index (κ2) is 4.83. The summed E-state index contributed by atoms with van der Waals surface area (Å²) in [6.45, 7) is 6.63. The molecule has 0 spiro atoms. The number of nitrogens with one attached hydrogen (secondary N) is 1. The molecule has 0 aromatic carbocycles. The highest BCUT2D eigenvalue weighted by molar-refractivity contribution is 5.92. The van der Waals surface area contributed by atoms with Crippen LogP contribution in [0, 0.1) is 0 Å². The summed E-state index contributed by atoms with van der Waals surface area (Å²) in [6, 6.07) is 1.92. The first-order chi connectivity index (χ1) is 9.78. The van der Waals surface area contributed by atoms with Crippen LogP contribution in [0.25, 0.3) is 0 Å². The highest BCUT2D eigenvalue weighted by Gasteiger charge is 2.36. The Morgan fingerprint density at radius 3 is 2.62 bits per heavy atom. The Balaban J connectivity index is 1.74. The van der Waals surface area contributed by atoms with Crippen molar-refractivity contribution in [1.29, 1.82) is 0 Å².